The van der Waals surface area contributed by atoms with Gasteiger partial charge in [0.25, 0.3) is 5.90 Å². The summed E-state index contributed by atoms with van der Waals surface area (Å²) in [5, 5.41) is 11.7. The van der Waals surface area contributed by atoms with Crippen LogP contribution >= 0.6 is 0 Å². The summed E-state index contributed by atoms with van der Waals surface area (Å²) in [5.41, 5.74) is -2.45. The van der Waals surface area contributed by atoms with Crippen LogP contribution in [0.1, 0.15) is 37.7 Å². The summed E-state index contributed by atoms with van der Waals surface area (Å²) >= 11 is 0. The van der Waals surface area contributed by atoms with Crippen LogP contribution in [0.2, 0.25) is 0 Å². The number of pyridine rings is 1. The van der Waals surface area contributed by atoms with Gasteiger partial charge >= 0.3 is 6.18 Å². The summed E-state index contributed by atoms with van der Waals surface area (Å²) in [6, 6.07) is 6.87. The number of hydrogen-bond donors (Lipinski definition) is 1. The Bertz CT molecular complexity index is 1280. The van der Waals surface area contributed by atoms with Crippen molar-refractivity contribution in [1.29, 1.82) is 0 Å². The van der Waals surface area contributed by atoms with Gasteiger partial charge in [-0.15, -0.1) is 5.10 Å². The van der Waals surface area contributed by atoms with Crippen LogP contribution in [0, 0.1) is 11.6 Å². The van der Waals surface area contributed by atoms with E-state index in [2.05, 4.69) is 20.5 Å². The summed E-state index contributed by atoms with van der Waals surface area (Å²) in [4.78, 5) is 15.8. The third kappa shape index (κ3) is 4.79. The van der Waals surface area contributed by atoms with Crippen LogP contribution in [-0.4, -0.2) is 37.3 Å². The first-order chi connectivity index (χ1) is 16.4. The lowest BCUT2D eigenvalue weighted by molar-refractivity contribution is -0.143. The van der Waals surface area contributed by atoms with E-state index in [-0.39, 0.29) is 29.5 Å². The molecular formula is C22H19F5N6O2. The molecule has 0 fully saturated rings. The number of carbonyl (C=O) groups excluding carboxylic acids is 1. The summed E-state index contributed by atoms with van der Waals surface area (Å²) in [5.74, 6) is -2.35. The Labute approximate surface area is 196 Å². The average Bonchev–Trinajstić information content (AvgIpc) is 3.35. The molecule has 1 aliphatic heterocycles. The number of anilines is 1. The van der Waals surface area contributed by atoms with Gasteiger partial charge in [0.2, 0.25) is 11.6 Å². The van der Waals surface area contributed by atoms with Gasteiger partial charge in [-0.1, -0.05) is 6.07 Å². The van der Waals surface area contributed by atoms with Gasteiger partial charge in [-0.25, -0.2) is 18.4 Å². The van der Waals surface area contributed by atoms with Crippen LogP contribution in [0.5, 0.6) is 0 Å². The van der Waals surface area contributed by atoms with E-state index in [0.717, 1.165) is 23.2 Å². The Morgan fingerprint density at radius 3 is 2.37 bits per heavy atom. The molecule has 4 rings (SSSR count). The Morgan fingerprint density at radius 1 is 1.14 bits per heavy atom. The first-order valence-corrected chi connectivity index (χ1v) is 10.3. The molecule has 3 aromatic rings. The summed E-state index contributed by atoms with van der Waals surface area (Å²) in [6.45, 7) is 4.12. The highest BCUT2D eigenvalue weighted by Crippen LogP contribution is 2.33. The van der Waals surface area contributed by atoms with Gasteiger partial charge in [0, 0.05) is 25.1 Å². The van der Waals surface area contributed by atoms with Gasteiger partial charge in [0.15, 0.2) is 11.5 Å². The fourth-order valence-corrected chi connectivity index (χ4v) is 3.43. The minimum Gasteiger partial charge on any atom is -0.447 e. The summed E-state index contributed by atoms with van der Waals surface area (Å²) in [6.07, 6.45) is -3.58. The average molecular weight is 494 g/mol. The van der Waals surface area contributed by atoms with E-state index >= 15 is 0 Å². The number of nitrogens with zero attached hydrogens (tertiary/aromatic N) is 5. The molecule has 0 unspecified atom stereocenters. The van der Waals surface area contributed by atoms with Crippen LogP contribution in [0.25, 0.3) is 5.82 Å². The molecule has 0 atom stereocenters. The molecular weight excluding hydrogens is 475 g/mol. The van der Waals surface area contributed by atoms with Crippen LogP contribution in [0.4, 0.5) is 27.6 Å². The normalized spacial score (nSPS) is 15.1. The SMILES string of the molecule is CC(=O)N1N=C(c2cc(C(F)(F)F)n(-c3ccc(NCc4c(F)cccc4F)cn3)n2)OC1(C)C. The molecule has 1 aromatic carbocycles. The molecule has 3 heterocycles. The second kappa shape index (κ2) is 8.64. The zero-order valence-electron chi connectivity index (χ0n) is 18.7. The highest BCUT2D eigenvalue weighted by Gasteiger charge is 2.42. The number of nitrogens with one attached hydrogen (secondary N) is 1. The molecule has 2 aromatic heterocycles. The topological polar surface area (TPSA) is 84.6 Å². The number of benzene rings is 1. The second-order valence-electron chi connectivity index (χ2n) is 8.07. The van der Waals surface area contributed by atoms with Gasteiger partial charge in [0.1, 0.15) is 17.3 Å². The Kier molecular flexibility index (Phi) is 5.95. The van der Waals surface area contributed by atoms with Crippen molar-refractivity contribution >= 4 is 17.5 Å². The maximum atomic E-state index is 13.8. The van der Waals surface area contributed by atoms with E-state index in [1.54, 1.807) is 0 Å². The predicted molar refractivity (Wildman–Crippen MR) is 114 cm³/mol. The lowest BCUT2D eigenvalue weighted by Gasteiger charge is -2.25. The van der Waals surface area contributed by atoms with Crippen molar-refractivity contribution in [1.82, 2.24) is 19.8 Å². The summed E-state index contributed by atoms with van der Waals surface area (Å²) in [7, 11) is 0. The number of rotatable bonds is 5. The highest BCUT2D eigenvalue weighted by atomic mass is 19.4. The van der Waals surface area contributed by atoms with Crippen LogP contribution in [0.3, 0.4) is 0 Å². The third-order valence-corrected chi connectivity index (χ3v) is 5.06. The van der Waals surface area contributed by atoms with Crippen molar-refractivity contribution in [3.8, 4) is 5.82 Å². The molecule has 1 aliphatic rings. The standard InChI is InChI=1S/C22H19F5N6O2/c1-12(34)33-21(2,3)35-20(31-33)17-9-18(22(25,26)27)32(30-17)19-8-7-13(10-29-19)28-11-14-15(23)5-4-6-16(14)24/h4-10,28H,11H2,1-3H3. The maximum absolute atomic E-state index is 13.8. The van der Waals surface area contributed by atoms with Crippen LogP contribution in [-0.2, 0) is 22.3 Å². The Hall–Kier alpha value is -4.03. The first-order valence-electron chi connectivity index (χ1n) is 10.3. The fourth-order valence-electron chi connectivity index (χ4n) is 3.43. The smallest absolute Gasteiger partial charge is 0.433 e. The first kappa shape index (κ1) is 24.1. The Morgan fingerprint density at radius 2 is 1.83 bits per heavy atom. The molecule has 184 valence electrons. The van der Waals surface area contributed by atoms with E-state index in [9.17, 15) is 26.7 Å². The van der Waals surface area contributed by atoms with Crippen LogP contribution in [0.15, 0.2) is 47.7 Å². The number of hydrogen-bond acceptors (Lipinski definition) is 6. The molecule has 0 spiro atoms. The lowest BCUT2D eigenvalue weighted by Crippen LogP contribution is -2.41. The largest absolute Gasteiger partial charge is 0.447 e. The van der Waals surface area contributed by atoms with E-state index in [4.69, 9.17) is 4.74 Å². The number of carbonyl (C=O) groups is 1. The number of amides is 1. The zero-order chi connectivity index (χ0) is 25.5. The van der Waals surface area contributed by atoms with E-state index < -0.39 is 35.1 Å². The lowest BCUT2D eigenvalue weighted by atomic mass is 10.2. The monoisotopic (exact) mass is 494 g/mol. The number of ether oxygens (including phenoxy) is 1. The third-order valence-electron chi connectivity index (χ3n) is 5.06. The van der Waals surface area contributed by atoms with E-state index in [1.807, 2.05) is 0 Å². The van der Waals surface area contributed by atoms with Gasteiger partial charge in [-0.3, -0.25) is 4.79 Å². The second-order valence-corrected chi connectivity index (χ2v) is 8.07. The Balaban J connectivity index is 1.62. The van der Waals surface area contributed by atoms with E-state index in [1.165, 1.54) is 45.2 Å². The van der Waals surface area contributed by atoms with Gasteiger partial charge in [-0.2, -0.15) is 23.3 Å². The van der Waals surface area contributed by atoms with Gasteiger partial charge in [0.05, 0.1) is 11.9 Å². The molecule has 0 saturated carbocycles. The molecule has 0 saturated heterocycles. The van der Waals surface area contributed by atoms with Crippen molar-refractivity contribution in [2.75, 3.05) is 5.32 Å². The molecule has 35 heavy (non-hydrogen) atoms. The van der Waals surface area contributed by atoms with Crippen molar-refractivity contribution in [3.05, 3.63) is 71.2 Å². The van der Waals surface area contributed by atoms with Gasteiger partial charge < -0.3 is 10.1 Å². The number of hydrazone groups is 1. The van der Waals surface area contributed by atoms with Crippen molar-refractivity contribution < 1.29 is 31.5 Å². The molecule has 13 heteroatoms. The molecule has 1 amide bonds. The summed E-state index contributed by atoms with van der Waals surface area (Å²) < 4.78 is 74.9. The number of halogens is 5. The quantitative estimate of drug-likeness (QED) is 0.530. The maximum Gasteiger partial charge on any atom is 0.433 e. The van der Waals surface area contributed by atoms with Crippen molar-refractivity contribution in [2.24, 2.45) is 5.10 Å². The zero-order valence-corrected chi connectivity index (χ0v) is 18.7. The minimum absolute atomic E-state index is 0.174. The molecule has 0 radical (unpaired) electrons. The predicted octanol–water partition coefficient (Wildman–Crippen LogP) is 4.45. The van der Waals surface area contributed by atoms with Crippen molar-refractivity contribution in [2.45, 2.75) is 39.2 Å². The minimum atomic E-state index is -4.79. The number of aromatic nitrogens is 3. The molecule has 1 N–H and O–H groups in total. The molecule has 8 nitrogen and oxygen atoms in total. The van der Waals surface area contributed by atoms with Crippen molar-refractivity contribution in [3.63, 3.8) is 0 Å². The molecule has 0 aliphatic carbocycles. The van der Waals surface area contributed by atoms with E-state index in [0.29, 0.717) is 10.4 Å². The number of alkyl halides is 3. The fraction of sp³-hybridized carbons (Fsp3) is 0.273. The van der Waals surface area contributed by atoms with Gasteiger partial charge in [-0.05, 0) is 38.1 Å². The van der Waals surface area contributed by atoms with Crippen LogP contribution < -0.4 is 5.32 Å². The highest BCUT2D eigenvalue weighted by molar-refractivity contribution is 5.95. The molecule has 0 bridgehead atoms.